The van der Waals surface area contributed by atoms with Gasteiger partial charge in [-0.05, 0) is 52.6 Å². The molecule has 0 spiro atoms. The first-order valence-corrected chi connectivity index (χ1v) is 8.47. The van der Waals surface area contributed by atoms with Gasteiger partial charge in [-0.1, -0.05) is 0 Å². The van der Waals surface area contributed by atoms with Gasteiger partial charge in [0.1, 0.15) is 0 Å². The summed E-state index contributed by atoms with van der Waals surface area (Å²) >= 11 is 0. The number of hydrogen-bond acceptors (Lipinski definition) is 3. The minimum atomic E-state index is -3.02. The maximum absolute atomic E-state index is 11.8. The van der Waals surface area contributed by atoms with Gasteiger partial charge in [0.2, 0.25) is 10.0 Å². The monoisotopic (exact) mass is 260 g/mol. The molecule has 2 aliphatic rings. The first kappa shape index (κ1) is 13.3. The average Bonchev–Trinajstić information content (AvgIpc) is 3.01. The lowest BCUT2D eigenvalue weighted by molar-refractivity contribution is 0.130. The predicted octanol–water partition coefficient (Wildman–Crippen LogP) is 1.28. The quantitative estimate of drug-likeness (QED) is 0.764. The molecule has 1 saturated carbocycles. The van der Waals surface area contributed by atoms with Crippen molar-refractivity contribution in [1.82, 2.24) is 9.21 Å². The second-order valence-corrected chi connectivity index (χ2v) is 7.57. The molecule has 1 aliphatic heterocycles. The Morgan fingerprint density at radius 2 is 1.53 bits per heavy atom. The highest BCUT2D eigenvalue weighted by Gasteiger charge is 2.40. The highest BCUT2D eigenvalue weighted by atomic mass is 32.2. The third-order valence-electron chi connectivity index (χ3n) is 3.88. The normalized spacial score (nSPS) is 24.8. The van der Waals surface area contributed by atoms with Gasteiger partial charge < -0.3 is 4.90 Å². The van der Waals surface area contributed by atoms with Crippen molar-refractivity contribution < 1.29 is 8.42 Å². The van der Waals surface area contributed by atoms with Gasteiger partial charge in [-0.25, -0.2) is 8.42 Å². The van der Waals surface area contributed by atoms with E-state index in [0.717, 1.165) is 38.8 Å². The Balaban J connectivity index is 1.99. The van der Waals surface area contributed by atoms with Gasteiger partial charge in [0, 0.05) is 18.1 Å². The van der Waals surface area contributed by atoms with Crippen LogP contribution in [0, 0.1) is 0 Å². The molecule has 2 fully saturated rings. The maximum atomic E-state index is 11.8. The van der Waals surface area contributed by atoms with E-state index in [9.17, 15) is 8.42 Å². The van der Waals surface area contributed by atoms with E-state index in [0.29, 0.717) is 12.1 Å². The summed E-state index contributed by atoms with van der Waals surface area (Å²) < 4.78 is 25.5. The van der Waals surface area contributed by atoms with Gasteiger partial charge in [0.05, 0.1) is 6.26 Å². The largest absolute Gasteiger partial charge is 0.301 e. The van der Waals surface area contributed by atoms with Crippen molar-refractivity contribution in [3.05, 3.63) is 0 Å². The van der Waals surface area contributed by atoms with Gasteiger partial charge in [-0.3, -0.25) is 0 Å². The van der Waals surface area contributed by atoms with E-state index in [1.165, 1.54) is 6.26 Å². The van der Waals surface area contributed by atoms with E-state index in [1.807, 2.05) is 0 Å². The Kier molecular flexibility index (Phi) is 3.80. The molecule has 17 heavy (non-hydrogen) atoms. The van der Waals surface area contributed by atoms with Gasteiger partial charge >= 0.3 is 0 Å². The molecule has 0 atom stereocenters. The highest BCUT2D eigenvalue weighted by molar-refractivity contribution is 7.88. The second kappa shape index (κ2) is 4.86. The molecule has 0 aromatic carbocycles. The summed E-state index contributed by atoms with van der Waals surface area (Å²) in [7, 11) is -3.02. The summed E-state index contributed by atoms with van der Waals surface area (Å²) in [5.41, 5.74) is 0. The zero-order chi connectivity index (χ0) is 12.6. The molecule has 1 aliphatic carbocycles. The number of nitrogens with zero attached hydrogens (tertiary/aromatic N) is 2. The molecule has 1 saturated heterocycles. The molecule has 0 amide bonds. The highest BCUT2D eigenvalue weighted by Crippen LogP contribution is 2.33. The van der Waals surface area contributed by atoms with Crippen molar-refractivity contribution in [2.45, 2.75) is 57.7 Å². The van der Waals surface area contributed by atoms with Crippen LogP contribution in [-0.2, 0) is 10.0 Å². The average molecular weight is 260 g/mol. The number of hydrogen-bond donors (Lipinski definition) is 0. The summed E-state index contributed by atoms with van der Waals surface area (Å²) in [4.78, 5) is 2.43. The van der Waals surface area contributed by atoms with Crippen LogP contribution in [-0.4, -0.2) is 55.1 Å². The fourth-order valence-electron chi connectivity index (χ4n) is 2.83. The van der Waals surface area contributed by atoms with Gasteiger partial charge in [0.25, 0.3) is 0 Å². The molecule has 4 nitrogen and oxygen atoms in total. The lowest BCUT2D eigenvalue weighted by Gasteiger charge is -2.39. The first-order chi connectivity index (χ1) is 7.89. The minimum Gasteiger partial charge on any atom is -0.301 e. The van der Waals surface area contributed by atoms with E-state index in [2.05, 4.69) is 18.7 Å². The van der Waals surface area contributed by atoms with Crippen LogP contribution in [0.25, 0.3) is 0 Å². The molecule has 0 N–H and O–H groups in total. The third-order valence-corrected chi connectivity index (χ3v) is 5.24. The van der Waals surface area contributed by atoms with Crippen molar-refractivity contribution in [2.75, 3.05) is 19.3 Å². The molecule has 2 rings (SSSR count). The first-order valence-electron chi connectivity index (χ1n) is 6.62. The summed E-state index contributed by atoms with van der Waals surface area (Å²) in [6.45, 7) is 6.47. The number of rotatable bonds is 4. The summed E-state index contributed by atoms with van der Waals surface area (Å²) in [5.74, 6) is 0. The van der Waals surface area contributed by atoms with Crippen LogP contribution < -0.4 is 0 Å². The van der Waals surface area contributed by atoms with Crippen LogP contribution >= 0.6 is 0 Å². The molecule has 1 heterocycles. The zero-order valence-electron chi connectivity index (χ0n) is 11.1. The summed E-state index contributed by atoms with van der Waals surface area (Å²) in [5, 5.41) is 0. The van der Waals surface area contributed by atoms with E-state index in [1.54, 1.807) is 4.31 Å². The summed E-state index contributed by atoms with van der Waals surface area (Å²) in [6, 6.07) is 1.12. The molecular weight excluding hydrogens is 236 g/mol. The van der Waals surface area contributed by atoms with Crippen LogP contribution in [0.15, 0.2) is 0 Å². The molecular formula is C12H24N2O2S. The number of likely N-dealkylation sites (tertiary alicyclic amines) is 1. The van der Waals surface area contributed by atoms with Crippen LogP contribution in [0.3, 0.4) is 0 Å². The van der Waals surface area contributed by atoms with E-state index < -0.39 is 10.0 Å². The fourth-order valence-corrected chi connectivity index (χ4v) is 4.33. The molecule has 0 bridgehead atoms. The number of sulfonamides is 1. The Morgan fingerprint density at radius 1 is 1.06 bits per heavy atom. The van der Waals surface area contributed by atoms with Gasteiger partial charge in [0.15, 0.2) is 0 Å². The van der Waals surface area contributed by atoms with E-state index in [4.69, 9.17) is 0 Å². The topological polar surface area (TPSA) is 40.6 Å². The van der Waals surface area contributed by atoms with Crippen LogP contribution in [0.2, 0.25) is 0 Å². The second-order valence-electron chi connectivity index (χ2n) is 5.68. The minimum absolute atomic E-state index is 0.243. The Hall–Kier alpha value is -0.130. The van der Waals surface area contributed by atoms with Crippen LogP contribution in [0.5, 0.6) is 0 Å². The molecule has 100 valence electrons. The predicted molar refractivity (Wildman–Crippen MR) is 69.4 cm³/mol. The summed E-state index contributed by atoms with van der Waals surface area (Å²) in [6.07, 6.45) is 5.44. The smallest absolute Gasteiger partial charge is 0.211 e. The van der Waals surface area contributed by atoms with E-state index >= 15 is 0 Å². The molecule has 0 aromatic rings. The molecule has 5 heteroatoms. The Morgan fingerprint density at radius 3 is 1.88 bits per heavy atom. The molecule has 0 radical (unpaired) electrons. The number of piperidine rings is 1. The fraction of sp³-hybridized carbons (Fsp3) is 1.00. The van der Waals surface area contributed by atoms with Gasteiger partial charge in [-0.2, -0.15) is 4.31 Å². The lowest BCUT2D eigenvalue weighted by Crippen LogP contribution is -2.49. The maximum Gasteiger partial charge on any atom is 0.211 e. The van der Waals surface area contributed by atoms with Gasteiger partial charge in [-0.15, -0.1) is 0 Å². The molecule has 0 unspecified atom stereocenters. The van der Waals surface area contributed by atoms with Crippen LogP contribution in [0.4, 0.5) is 0 Å². The third kappa shape index (κ3) is 3.20. The standard InChI is InChI=1S/C12H24N2O2S/c1-10(2)13-8-6-12(7-9-13)14(11-4-5-11)17(3,15)16/h10-12H,4-9H2,1-3H3. The van der Waals surface area contributed by atoms with Crippen molar-refractivity contribution in [1.29, 1.82) is 0 Å². The Labute approximate surface area is 105 Å². The van der Waals surface area contributed by atoms with Crippen molar-refractivity contribution >= 4 is 10.0 Å². The van der Waals surface area contributed by atoms with E-state index in [-0.39, 0.29) is 6.04 Å². The lowest BCUT2D eigenvalue weighted by atomic mass is 10.0. The van der Waals surface area contributed by atoms with Crippen molar-refractivity contribution in [2.24, 2.45) is 0 Å². The van der Waals surface area contributed by atoms with Crippen molar-refractivity contribution in [3.63, 3.8) is 0 Å². The zero-order valence-corrected chi connectivity index (χ0v) is 11.9. The van der Waals surface area contributed by atoms with Crippen LogP contribution in [0.1, 0.15) is 39.5 Å². The van der Waals surface area contributed by atoms with Crippen molar-refractivity contribution in [3.8, 4) is 0 Å². The molecule has 0 aromatic heterocycles. The Bertz CT molecular complexity index is 355. The SMILES string of the molecule is CC(C)N1CCC(N(C2CC2)S(C)(=O)=O)CC1.